The number of fused-ring (bicyclic) bond motifs is 1. The van der Waals surface area contributed by atoms with E-state index in [0.717, 1.165) is 63.2 Å². The Morgan fingerprint density at radius 3 is 2.78 bits per heavy atom. The van der Waals surface area contributed by atoms with Crippen molar-refractivity contribution in [2.75, 3.05) is 39.3 Å². The van der Waals surface area contributed by atoms with Gasteiger partial charge in [0.25, 0.3) is 0 Å². The lowest BCUT2D eigenvalue weighted by Gasteiger charge is -2.32. The van der Waals surface area contributed by atoms with Crippen LogP contribution in [0.3, 0.4) is 0 Å². The lowest BCUT2D eigenvalue weighted by Crippen LogP contribution is -2.44. The second-order valence-electron chi connectivity index (χ2n) is 8.36. The third-order valence-electron chi connectivity index (χ3n) is 6.43. The van der Waals surface area contributed by atoms with Gasteiger partial charge in [0, 0.05) is 45.2 Å². The molecule has 2 saturated heterocycles. The highest BCUT2D eigenvalue weighted by molar-refractivity contribution is 5.80. The fourth-order valence-corrected chi connectivity index (χ4v) is 4.84. The summed E-state index contributed by atoms with van der Waals surface area (Å²) in [5.74, 6) is 3.88. The molecule has 27 heavy (non-hydrogen) atoms. The number of hydrogen-bond acceptors (Lipinski definition) is 4. The Bertz CT molecular complexity index is 647. The van der Waals surface area contributed by atoms with Crippen molar-refractivity contribution < 1.29 is 0 Å². The third kappa shape index (κ3) is 4.28. The Labute approximate surface area is 163 Å². The summed E-state index contributed by atoms with van der Waals surface area (Å²) in [5, 5.41) is 12.0. The van der Waals surface area contributed by atoms with E-state index >= 15 is 0 Å². The SMILES string of the molecule is CCNC(=NCC1CCc2nnc(C)n2C1)N1CCC(N2CCCCC2)C1. The van der Waals surface area contributed by atoms with Gasteiger partial charge in [-0.15, -0.1) is 10.2 Å². The van der Waals surface area contributed by atoms with Crippen molar-refractivity contribution in [1.29, 1.82) is 0 Å². The minimum absolute atomic E-state index is 0.585. The van der Waals surface area contributed by atoms with Gasteiger partial charge in [-0.05, 0) is 58.5 Å². The van der Waals surface area contributed by atoms with E-state index in [0.29, 0.717) is 12.0 Å². The summed E-state index contributed by atoms with van der Waals surface area (Å²) >= 11 is 0. The molecule has 0 saturated carbocycles. The van der Waals surface area contributed by atoms with E-state index in [9.17, 15) is 0 Å². The topological polar surface area (TPSA) is 61.6 Å². The predicted molar refractivity (Wildman–Crippen MR) is 108 cm³/mol. The molecular weight excluding hydrogens is 338 g/mol. The molecule has 2 fully saturated rings. The highest BCUT2D eigenvalue weighted by atomic mass is 15.3. The molecule has 2 unspecified atom stereocenters. The molecule has 7 nitrogen and oxygen atoms in total. The van der Waals surface area contributed by atoms with Gasteiger partial charge < -0.3 is 14.8 Å². The van der Waals surface area contributed by atoms with Crippen molar-refractivity contribution in [2.45, 2.75) is 65.0 Å². The molecule has 0 bridgehead atoms. The smallest absolute Gasteiger partial charge is 0.193 e. The number of rotatable bonds is 4. The van der Waals surface area contributed by atoms with Crippen LogP contribution in [0, 0.1) is 12.8 Å². The Balaban J connectivity index is 1.35. The standard InChI is InChI=1S/C20H35N7/c1-3-21-20(26-12-9-18(15-26)25-10-5-4-6-11-25)22-13-17-7-8-19-24-23-16(2)27(19)14-17/h17-18H,3-15H2,1-2H3,(H,21,22). The van der Waals surface area contributed by atoms with Gasteiger partial charge in [-0.3, -0.25) is 9.89 Å². The maximum atomic E-state index is 5.04. The fraction of sp³-hybridized carbons (Fsp3) is 0.850. The number of aliphatic imine (C=N–C) groups is 1. The van der Waals surface area contributed by atoms with Gasteiger partial charge in [-0.25, -0.2) is 0 Å². The molecule has 3 aliphatic heterocycles. The highest BCUT2D eigenvalue weighted by Gasteiger charge is 2.30. The molecular formula is C20H35N7. The molecule has 150 valence electrons. The minimum atomic E-state index is 0.585. The Morgan fingerprint density at radius 2 is 1.96 bits per heavy atom. The maximum Gasteiger partial charge on any atom is 0.193 e. The van der Waals surface area contributed by atoms with Crippen LogP contribution in [0.25, 0.3) is 0 Å². The van der Waals surface area contributed by atoms with Gasteiger partial charge in [-0.2, -0.15) is 0 Å². The summed E-state index contributed by atoms with van der Waals surface area (Å²) in [5.41, 5.74) is 0. The summed E-state index contributed by atoms with van der Waals surface area (Å²) < 4.78 is 2.28. The molecule has 7 heteroatoms. The lowest BCUT2D eigenvalue weighted by atomic mass is 9.99. The number of aromatic nitrogens is 3. The monoisotopic (exact) mass is 373 g/mol. The number of guanidine groups is 1. The normalized spacial score (nSPS) is 27.0. The van der Waals surface area contributed by atoms with Crippen LogP contribution in [0.15, 0.2) is 4.99 Å². The number of hydrogen-bond donors (Lipinski definition) is 1. The second kappa shape index (κ2) is 8.59. The van der Waals surface area contributed by atoms with Crippen LogP contribution in [-0.2, 0) is 13.0 Å². The molecule has 4 heterocycles. The van der Waals surface area contributed by atoms with Crippen molar-refractivity contribution in [3.63, 3.8) is 0 Å². The van der Waals surface area contributed by atoms with Crippen LogP contribution in [0.2, 0.25) is 0 Å². The first-order valence-electron chi connectivity index (χ1n) is 10.9. The molecule has 1 N–H and O–H groups in total. The van der Waals surface area contributed by atoms with E-state index in [2.05, 4.69) is 43.7 Å². The highest BCUT2D eigenvalue weighted by Crippen LogP contribution is 2.22. The number of likely N-dealkylation sites (tertiary alicyclic amines) is 2. The summed E-state index contributed by atoms with van der Waals surface area (Å²) in [6.45, 7) is 11.9. The molecule has 0 aliphatic carbocycles. The van der Waals surface area contributed by atoms with Crippen molar-refractivity contribution in [3.05, 3.63) is 11.6 Å². The average Bonchev–Trinajstić information content (AvgIpc) is 3.33. The molecule has 0 radical (unpaired) electrons. The molecule has 0 aromatic carbocycles. The van der Waals surface area contributed by atoms with E-state index in [1.165, 1.54) is 38.8 Å². The van der Waals surface area contributed by atoms with Gasteiger partial charge in [0.05, 0.1) is 0 Å². The molecule has 3 aliphatic rings. The first kappa shape index (κ1) is 18.7. The van der Waals surface area contributed by atoms with Gasteiger partial charge in [-0.1, -0.05) is 6.42 Å². The number of nitrogens with zero attached hydrogens (tertiary/aromatic N) is 6. The van der Waals surface area contributed by atoms with Crippen molar-refractivity contribution in [1.82, 2.24) is 29.9 Å². The van der Waals surface area contributed by atoms with E-state index in [1.54, 1.807) is 0 Å². The first-order chi connectivity index (χ1) is 13.2. The Hall–Kier alpha value is -1.63. The maximum absolute atomic E-state index is 5.04. The summed E-state index contributed by atoms with van der Waals surface area (Å²) in [6.07, 6.45) is 7.62. The predicted octanol–water partition coefficient (Wildman–Crippen LogP) is 1.67. The minimum Gasteiger partial charge on any atom is -0.357 e. The van der Waals surface area contributed by atoms with E-state index < -0.39 is 0 Å². The van der Waals surface area contributed by atoms with Crippen molar-refractivity contribution in [3.8, 4) is 0 Å². The van der Waals surface area contributed by atoms with Gasteiger partial charge >= 0.3 is 0 Å². The van der Waals surface area contributed by atoms with Crippen LogP contribution in [0.4, 0.5) is 0 Å². The van der Waals surface area contributed by atoms with Gasteiger partial charge in [0.15, 0.2) is 5.96 Å². The zero-order valence-electron chi connectivity index (χ0n) is 17.0. The van der Waals surface area contributed by atoms with Gasteiger partial charge in [0.1, 0.15) is 11.6 Å². The second-order valence-corrected chi connectivity index (χ2v) is 8.36. The molecule has 4 rings (SSSR count). The molecule has 1 aromatic heterocycles. The van der Waals surface area contributed by atoms with Crippen molar-refractivity contribution in [2.24, 2.45) is 10.9 Å². The fourth-order valence-electron chi connectivity index (χ4n) is 4.84. The Kier molecular flexibility index (Phi) is 5.95. The van der Waals surface area contributed by atoms with E-state index in [4.69, 9.17) is 4.99 Å². The summed E-state index contributed by atoms with van der Waals surface area (Å²) in [7, 11) is 0. The summed E-state index contributed by atoms with van der Waals surface area (Å²) in [6, 6.07) is 0.714. The van der Waals surface area contributed by atoms with E-state index in [-0.39, 0.29) is 0 Å². The largest absolute Gasteiger partial charge is 0.357 e. The zero-order valence-corrected chi connectivity index (χ0v) is 17.0. The van der Waals surface area contributed by atoms with Crippen LogP contribution in [0.1, 0.15) is 50.7 Å². The quantitative estimate of drug-likeness (QED) is 0.643. The molecule has 0 spiro atoms. The first-order valence-corrected chi connectivity index (χ1v) is 10.9. The number of piperidine rings is 1. The number of aryl methyl sites for hydroxylation is 2. The Morgan fingerprint density at radius 1 is 1.11 bits per heavy atom. The molecule has 0 amide bonds. The van der Waals surface area contributed by atoms with Crippen LogP contribution in [0.5, 0.6) is 0 Å². The van der Waals surface area contributed by atoms with Crippen LogP contribution < -0.4 is 5.32 Å². The van der Waals surface area contributed by atoms with E-state index in [1.807, 2.05) is 0 Å². The average molecular weight is 374 g/mol. The van der Waals surface area contributed by atoms with Crippen LogP contribution in [-0.4, -0.2) is 75.8 Å². The van der Waals surface area contributed by atoms with Gasteiger partial charge in [0.2, 0.25) is 0 Å². The zero-order chi connectivity index (χ0) is 18.6. The van der Waals surface area contributed by atoms with Crippen molar-refractivity contribution >= 4 is 5.96 Å². The molecule has 1 aromatic rings. The van der Waals surface area contributed by atoms with Crippen LogP contribution >= 0.6 is 0 Å². The summed E-state index contributed by atoms with van der Waals surface area (Å²) in [4.78, 5) is 10.2. The number of nitrogens with one attached hydrogen (secondary N) is 1. The third-order valence-corrected chi connectivity index (χ3v) is 6.43. The lowest BCUT2D eigenvalue weighted by molar-refractivity contribution is 0.168. The molecule has 2 atom stereocenters.